The molecule has 0 atom stereocenters. The van der Waals surface area contributed by atoms with Crippen LogP contribution in [0.1, 0.15) is 31.6 Å². The van der Waals surface area contributed by atoms with Gasteiger partial charge >= 0.3 is 0 Å². The molecule has 4 nitrogen and oxygen atoms in total. The average molecular weight is 278 g/mol. The minimum Gasteiger partial charge on any atom is -0.356 e. The van der Waals surface area contributed by atoms with E-state index in [4.69, 9.17) is 5.73 Å². The number of aryl methyl sites for hydroxylation is 1. The Kier molecular flexibility index (Phi) is 5.10. The van der Waals surface area contributed by atoms with Crippen LogP contribution in [0, 0.1) is 0 Å². The largest absolute Gasteiger partial charge is 0.356 e. The Labute approximate surface area is 118 Å². The highest BCUT2D eigenvalue weighted by Crippen LogP contribution is 2.30. The van der Waals surface area contributed by atoms with Crippen LogP contribution in [-0.4, -0.2) is 29.6 Å². The first-order chi connectivity index (χ1) is 9.30. The minimum absolute atomic E-state index is 0.721. The summed E-state index contributed by atoms with van der Waals surface area (Å²) in [5.74, 6) is 1.07. The van der Waals surface area contributed by atoms with Gasteiger partial charge in [0.1, 0.15) is 17.0 Å². The van der Waals surface area contributed by atoms with Gasteiger partial charge in [0, 0.05) is 18.0 Å². The van der Waals surface area contributed by atoms with Crippen LogP contribution in [0.25, 0.3) is 10.2 Å². The van der Waals surface area contributed by atoms with Crippen molar-refractivity contribution in [3.8, 4) is 0 Å². The SMILES string of the molecule is CCCN(CCCN)c1ncnc2sc(CC)cc12. The summed E-state index contributed by atoms with van der Waals surface area (Å²) in [4.78, 5) is 13.7. The molecule has 0 bridgehead atoms. The van der Waals surface area contributed by atoms with Crippen LogP contribution in [0.4, 0.5) is 5.82 Å². The standard InChI is InChI=1S/C14H22N4S/c1-3-7-18(8-5-6-15)13-12-9-11(4-2)19-14(12)17-10-16-13/h9-10H,3-8,15H2,1-2H3. The molecule has 2 aromatic rings. The zero-order valence-electron chi connectivity index (χ0n) is 11.7. The summed E-state index contributed by atoms with van der Waals surface area (Å²) in [7, 11) is 0. The van der Waals surface area contributed by atoms with Crippen molar-refractivity contribution < 1.29 is 0 Å². The molecular formula is C14H22N4S. The lowest BCUT2D eigenvalue weighted by Crippen LogP contribution is -2.27. The third kappa shape index (κ3) is 3.22. The zero-order chi connectivity index (χ0) is 13.7. The summed E-state index contributed by atoms with van der Waals surface area (Å²) in [6, 6.07) is 2.24. The van der Waals surface area contributed by atoms with Gasteiger partial charge < -0.3 is 10.6 Å². The fourth-order valence-corrected chi connectivity index (χ4v) is 3.12. The highest BCUT2D eigenvalue weighted by Gasteiger charge is 2.13. The molecule has 0 aromatic carbocycles. The van der Waals surface area contributed by atoms with E-state index in [1.54, 1.807) is 17.7 Å². The zero-order valence-corrected chi connectivity index (χ0v) is 12.5. The molecule has 0 spiro atoms. The quantitative estimate of drug-likeness (QED) is 0.846. The Bertz CT molecular complexity index is 523. The number of rotatable bonds is 7. The van der Waals surface area contributed by atoms with E-state index >= 15 is 0 Å². The van der Waals surface area contributed by atoms with Crippen LogP contribution in [0.2, 0.25) is 0 Å². The Balaban J connectivity index is 2.37. The van der Waals surface area contributed by atoms with Gasteiger partial charge in [-0.3, -0.25) is 0 Å². The van der Waals surface area contributed by atoms with Crippen molar-refractivity contribution in [2.75, 3.05) is 24.5 Å². The van der Waals surface area contributed by atoms with Gasteiger partial charge in [0.2, 0.25) is 0 Å². The molecule has 2 aromatic heterocycles. The third-order valence-corrected chi connectivity index (χ3v) is 4.32. The van der Waals surface area contributed by atoms with Crippen molar-refractivity contribution in [2.45, 2.75) is 33.1 Å². The Morgan fingerprint density at radius 2 is 2.11 bits per heavy atom. The predicted octanol–water partition coefficient (Wildman–Crippen LogP) is 2.82. The van der Waals surface area contributed by atoms with Crippen LogP contribution in [0.15, 0.2) is 12.4 Å². The second kappa shape index (κ2) is 6.82. The lowest BCUT2D eigenvalue weighted by molar-refractivity contribution is 0.714. The van der Waals surface area contributed by atoms with Gasteiger partial charge in [-0.05, 0) is 31.9 Å². The van der Waals surface area contributed by atoms with E-state index in [0.717, 1.165) is 49.5 Å². The highest BCUT2D eigenvalue weighted by atomic mass is 32.1. The van der Waals surface area contributed by atoms with Crippen molar-refractivity contribution >= 4 is 27.4 Å². The van der Waals surface area contributed by atoms with Gasteiger partial charge in [-0.25, -0.2) is 9.97 Å². The van der Waals surface area contributed by atoms with Crippen LogP contribution >= 0.6 is 11.3 Å². The molecule has 104 valence electrons. The van der Waals surface area contributed by atoms with E-state index in [1.165, 1.54) is 10.3 Å². The Morgan fingerprint density at radius 1 is 1.26 bits per heavy atom. The molecule has 0 saturated heterocycles. The van der Waals surface area contributed by atoms with Gasteiger partial charge in [-0.2, -0.15) is 0 Å². The monoisotopic (exact) mass is 278 g/mol. The number of nitrogens with zero attached hydrogens (tertiary/aromatic N) is 3. The summed E-state index contributed by atoms with van der Waals surface area (Å²) < 4.78 is 0. The average Bonchev–Trinajstić information content (AvgIpc) is 2.86. The molecule has 0 amide bonds. The van der Waals surface area contributed by atoms with Crippen molar-refractivity contribution in [1.29, 1.82) is 0 Å². The predicted molar refractivity (Wildman–Crippen MR) is 83.0 cm³/mol. The molecular weight excluding hydrogens is 256 g/mol. The van der Waals surface area contributed by atoms with E-state index in [-0.39, 0.29) is 0 Å². The topological polar surface area (TPSA) is 55.0 Å². The van der Waals surface area contributed by atoms with E-state index in [1.807, 2.05) is 0 Å². The molecule has 19 heavy (non-hydrogen) atoms. The fraction of sp³-hybridized carbons (Fsp3) is 0.571. The van der Waals surface area contributed by atoms with Gasteiger partial charge in [0.25, 0.3) is 0 Å². The molecule has 2 N–H and O–H groups in total. The summed E-state index contributed by atoms with van der Waals surface area (Å²) in [6.45, 7) is 7.07. The van der Waals surface area contributed by atoms with E-state index in [9.17, 15) is 0 Å². The molecule has 0 aliphatic heterocycles. The molecule has 0 aliphatic rings. The van der Waals surface area contributed by atoms with Gasteiger partial charge in [-0.15, -0.1) is 11.3 Å². The lowest BCUT2D eigenvalue weighted by Gasteiger charge is -2.23. The molecule has 0 aliphatic carbocycles. The number of nitrogens with two attached hydrogens (primary N) is 1. The molecule has 0 radical (unpaired) electrons. The number of hydrogen-bond donors (Lipinski definition) is 1. The maximum atomic E-state index is 5.63. The van der Waals surface area contributed by atoms with E-state index in [0.29, 0.717) is 0 Å². The number of aromatic nitrogens is 2. The van der Waals surface area contributed by atoms with Crippen molar-refractivity contribution in [3.63, 3.8) is 0 Å². The smallest absolute Gasteiger partial charge is 0.140 e. The normalized spacial score (nSPS) is 11.1. The third-order valence-electron chi connectivity index (χ3n) is 3.13. The summed E-state index contributed by atoms with van der Waals surface area (Å²) in [6.07, 6.45) is 4.84. The van der Waals surface area contributed by atoms with Gasteiger partial charge in [-0.1, -0.05) is 13.8 Å². The molecule has 0 unspecified atom stereocenters. The summed E-state index contributed by atoms with van der Waals surface area (Å²) >= 11 is 1.77. The van der Waals surface area contributed by atoms with Crippen molar-refractivity contribution in [2.24, 2.45) is 5.73 Å². The number of fused-ring (bicyclic) bond motifs is 1. The Hall–Kier alpha value is -1.20. The van der Waals surface area contributed by atoms with Crippen LogP contribution < -0.4 is 10.6 Å². The van der Waals surface area contributed by atoms with Crippen LogP contribution in [-0.2, 0) is 6.42 Å². The highest BCUT2D eigenvalue weighted by molar-refractivity contribution is 7.18. The molecule has 2 rings (SSSR count). The van der Waals surface area contributed by atoms with Gasteiger partial charge in [0.05, 0.1) is 5.39 Å². The summed E-state index contributed by atoms with van der Waals surface area (Å²) in [5.41, 5.74) is 5.63. The second-order valence-electron chi connectivity index (χ2n) is 4.61. The van der Waals surface area contributed by atoms with Crippen LogP contribution in [0.5, 0.6) is 0 Å². The number of hydrogen-bond acceptors (Lipinski definition) is 5. The van der Waals surface area contributed by atoms with E-state index < -0.39 is 0 Å². The first-order valence-corrected chi connectivity index (χ1v) is 7.80. The van der Waals surface area contributed by atoms with Crippen molar-refractivity contribution in [1.82, 2.24) is 9.97 Å². The van der Waals surface area contributed by atoms with Crippen molar-refractivity contribution in [3.05, 3.63) is 17.3 Å². The lowest BCUT2D eigenvalue weighted by atomic mass is 10.2. The maximum absolute atomic E-state index is 5.63. The molecule has 2 heterocycles. The minimum atomic E-state index is 0.721. The second-order valence-corrected chi connectivity index (χ2v) is 5.73. The molecule has 0 fully saturated rings. The Morgan fingerprint density at radius 3 is 2.79 bits per heavy atom. The van der Waals surface area contributed by atoms with Gasteiger partial charge in [0.15, 0.2) is 0 Å². The van der Waals surface area contributed by atoms with Crippen LogP contribution in [0.3, 0.4) is 0 Å². The number of thiophene rings is 1. The first kappa shape index (κ1) is 14.2. The molecule has 0 saturated carbocycles. The fourth-order valence-electron chi connectivity index (χ4n) is 2.19. The number of anilines is 1. The van der Waals surface area contributed by atoms with E-state index in [2.05, 4.69) is 34.8 Å². The summed E-state index contributed by atoms with van der Waals surface area (Å²) in [5, 5.41) is 1.19. The first-order valence-electron chi connectivity index (χ1n) is 6.98. The molecule has 5 heteroatoms. The maximum Gasteiger partial charge on any atom is 0.140 e.